The zero-order valence-electron chi connectivity index (χ0n) is 8.31. The summed E-state index contributed by atoms with van der Waals surface area (Å²) in [5.41, 5.74) is 0.497. The molecule has 1 saturated carbocycles. The summed E-state index contributed by atoms with van der Waals surface area (Å²) in [6.45, 7) is 0. The van der Waals surface area contributed by atoms with Crippen LogP contribution in [0.4, 0.5) is 0 Å². The Morgan fingerprint density at radius 2 is 2.00 bits per heavy atom. The van der Waals surface area contributed by atoms with Gasteiger partial charge in [0.05, 0.1) is 5.56 Å². The molecule has 1 aromatic rings. The van der Waals surface area contributed by atoms with Gasteiger partial charge in [0.25, 0.3) is 0 Å². The maximum atomic E-state index is 11.6. The number of esters is 1. The number of hydrogen-bond donors (Lipinski definition) is 0. The second-order valence-electron chi connectivity index (χ2n) is 3.62. The molecule has 0 bridgehead atoms. The van der Waals surface area contributed by atoms with Crippen LogP contribution in [0.1, 0.15) is 29.6 Å². The summed E-state index contributed by atoms with van der Waals surface area (Å²) in [6, 6.07) is 8.74. The van der Waals surface area contributed by atoms with Gasteiger partial charge in [0.2, 0.25) is 0 Å². The van der Waals surface area contributed by atoms with E-state index in [0.29, 0.717) is 18.4 Å². The first-order chi connectivity index (χ1) is 7.27. The van der Waals surface area contributed by atoms with Crippen molar-refractivity contribution in [1.82, 2.24) is 0 Å². The maximum absolute atomic E-state index is 11.6. The van der Waals surface area contributed by atoms with Gasteiger partial charge in [-0.05, 0) is 25.0 Å². The summed E-state index contributed by atoms with van der Waals surface area (Å²) in [5.74, 6) is -0.366. The molecule has 0 aromatic heterocycles. The Bertz CT molecular complexity index is 370. The first-order valence-electron chi connectivity index (χ1n) is 5.06. The summed E-state index contributed by atoms with van der Waals surface area (Å²) in [5, 5.41) is 0. The zero-order valence-corrected chi connectivity index (χ0v) is 8.31. The van der Waals surface area contributed by atoms with Gasteiger partial charge in [-0.25, -0.2) is 4.79 Å². The van der Waals surface area contributed by atoms with Crippen LogP contribution in [-0.4, -0.2) is 17.9 Å². The molecule has 15 heavy (non-hydrogen) atoms. The Labute approximate surface area is 88.1 Å². The van der Waals surface area contributed by atoms with Gasteiger partial charge >= 0.3 is 5.97 Å². The van der Waals surface area contributed by atoms with Crippen LogP contribution in [0.3, 0.4) is 0 Å². The Balaban J connectivity index is 2.01. The quantitative estimate of drug-likeness (QED) is 0.692. The first kappa shape index (κ1) is 9.90. The van der Waals surface area contributed by atoms with Crippen LogP contribution in [0.2, 0.25) is 0 Å². The average Bonchev–Trinajstić information content (AvgIpc) is 2.66. The van der Waals surface area contributed by atoms with E-state index < -0.39 is 12.1 Å². The lowest BCUT2D eigenvalue weighted by Gasteiger charge is -2.09. The van der Waals surface area contributed by atoms with Crippen LogP contribution < -0.4 is 0 Å². The molecule has 3 heteroatoms. The van der Waals surface area contributed by atoms with E-state index in [1.165, 1.54) is 0 Å². The van der Waals surface area contributed by atoms with E-state index in [1.807, 2.05) is 6.07 Å². The van der Waals surface area contributed by atoms with Gasteiger partial charge in [0.15, 0.2) is 11.9 Å². The smallest absolute Gasteiger partial charge is 0.338 e. The van der Waals surface area contributed by atoms with Crippen LogP contribution in [0.5, 0.6) is 0 Å². The lowest BCUT2D eigenvalue weighted by atomic mass is 10.2. The highest BCUT2D eigenvalue weighted by molar-refractivity contribution is 5.93. The van der Waals surface area contributed by atoms with Gasteiger partial charge in [0.1, 0.15) is 0 Å². The molecule has 1 atom stereocenters. The predicted octanol–water partition coefficient (Wildman–Crippen LogP) is 1.97. The van der Waals surface area contributed by atoms with Crippen molar-refractivity contribution in [1.29, 1.82) is 0 Å². The Morgan fingerprint density at radius 1 is 1.27 bits per heavy atom. The summed E-state index contributed by atoms with van der Waals surface area (Å²) in [4.78, 5) is 22.8. The molecule has 1 aliphatic carbocycles. The minimum atomic E-state index is -0.516. The molecular weight excluding hydrogens is 192 g/mol. The highest BCUT2D eigenvalue weighted by Gasteiger charge is 2.28. The Hall–Kier alpha value is -1.64. The topological polar surface area (TPSA) is 43.4 Å². The number of carbonyl (C=O) groups excluding carboxylic acids is 2. The second kappa shape index (κ2) is 4.26. The molecule has 0 N–H and O–H groups in total. The molecule has 1 unspecified atom stereocenters. The van der Waals surface area contributed by atoms with Crippen LogP contribution in [0.25, 0.3) is 0 Å². The van der Waals surface area contributed by atoms with Crippen LogP contribution in [0.15, 0.2) is 30.3 Å². The van der Waals surface area contributed by atoms with Crippen molar-refractivity contribution in [2.45, 2.75) is 25.4 Å². The van der Waals surface area contributed by atoms with Crippen LogP contribution in [0, 0.1) is 0 Å². The minimum absolute atomic E-state index is 0.0410. The molecule has 0 amide bonds. The second-order valence-corrected chi connectivity index (χ2v) is 3.62. The van der Waals surface area contributed by atoms with Crippen molar-refractivity contribution in [3.8, 4) is 0 Å². The molecule has 1 aromatic carbocycles. The summed E-state index contributed by atoms with van der Waals surface area (Å²) in [6.07, 6.45) is 1.51. The van der Waals surface area contributed by atoms with Gasteiger partial charge in [-0.15, -0.1) is 0 Å². The fourth-order valence-corrected chi connectivity index (χ4v) is 1.68. The molecule has 0 saturated heterocycles. The third-order valence-electron chi connectivity index (χ3n) is 2.51. The third-order valence-corrected chi connectivity index (χ3v) is 2.51. The normalized spacial score (nSPS) is 20.3. The fraction of sp³-hybridized carbons (Fsp3) is 0.333. The van der Waals surface area contributed by atoms with Crippen molar-refractivity contribution >= 4 is 11.8 Å². The molecule has 1 fully saturated rings. The van der Waals surface area contributed by atoms with Crippen molar-refractivity contribution < 1.29 is 14.3 Å². The van der Waals surface area contributed by atoms with E-state index in [-0.39, 0.29) is 5.78 Å². The molecular formula is C12H12O3. The van der Waals surface area contributed by atoms with Crippen molar-refractivity contribution in [2.24, 2.45) is 0 Å². The monoisotopic (exact) mass is 204 g/mol. The maximum Gasteiger partial charge on any atom is 0.338 e. The van der Waals surface area contributed by atoms with E-state index in [1.54, 1.807) is 24.3 Å². The first-order valence-corrected chi connectivity index (χ1v) is 5.06. The molecule has 3 nitrogen and oxygen atoms in total. The average molecular weight is 204 g/mol. The number of carbonyl (C=O) groups is 2. The summed E-state index contributed by atoms with van der Waals surface area (Å²) >= 11 is 0. The van der Waals surface area contributed by atoms with E-state index in [9.17, 15) is 9.59 Å². The minimum Gasteiger partial charge on any atom is -0.451 e. The van der Waals surface area contributed by atoms with Gasteiger partial charge in [-0.1, -0.05) is 18.2 Å². The zero-order chi connectivity index (χ0) is 10.7. The highest BCUT2D eigenvalue weighted by atomic mass is 16.5. The van der Waals surface area contributed by atoms with Gasteiger partial charge in [0, 0.05) is 6.42 Å². The van der Waals surface area contributed by atoms with Gasteiger partial charge < -0.3 is 4.74 Å². The lowest BCUT2D eigenvalue weighted by Crippen LogP contribution is -2.21. The lowest BCUT2D eigenvalue weighted by molar-refractivity contribution is -0.124. The molecule has 2 rings (SSSR count). The predicted molar refractivity (Wildman–Crippen MR) is 54.5 cm³/mol. The van der Waals surface area contributed by atoms with Gasteiger partial charge in [-0.3, -0.25) is 4.79 Å². The number of benzene rings is 1. The SMILES string of the molecule is O=C(OC1CCCC1=O)c1ccccc1. The van der Waals surface area contributed by atoms with Gasteiger partial charge in [-0.2, -0.15) is 0 Å². The largest absolute Gasteiger partial charge is 0.451 e. The molecule has 0 spiro atoms. The number of ether oxygens (including phenoxy) is 1. The number of Topliss-reactive ketones (excluding diaryl/α,β-unsaturated/α-hetero) is 1. The van der Waals surface area contributed by atoms with Crippen LogP contribution >= 0.6 is 0 Å². The number of ketones is 1. The molecule has 78 valence electrons. The third kappa shape index (κ3) is 2.24. The summed E-state index contributed by atoms with van der Waals surface area (Å²) < 4.78 is 5.12. The molecule has 1 aliphatic rings. The Morgan fingerprint density at radius 3 is 2.60 bits per heavy atom. The molecule has 0 radical (unpaired) electrons. The molecule has 0 aliphatic heterocycles. The highest BCUT2D eigenvalue weighted by Crippen LogP contribution is 2.18. The Kier molecular flexibility index (Phi) is 2.81. The standard InChI is InChI=1S/C12H12O3/c13-10-7-4-8-11(10)15-12(14)9-5-2-1-3-6-9/h1-3,5-6,11H,4,7-8H2. The summed E-state index contributed by atoms with van der Waals surface area (Å²) in [7, 11) is 0. The van der Waals surface area contributed by atoms with E-state index in [2.05, 4.69) is 0 Å². The number of rotatable bonds is 2. The van der Waals surface area contributed by atoms with E-state index in [4.69, 9.17) is 4.74 Å². The van der Waals surface area contributed by atoms with E-state index in [0.717, 1.165) is 6.42 Å². The van der Waals surface area contributed by atoms with Crippen LogP contribution in [-0.2, 0) is 9.53 Å². The van der Waals surface area contributed by atoms with E-state index >= 15 is 0 Å². The fourth-order valence-electron chi connectivity index (χ4n) is 1.68. The number of hydrogen-bond acceptors (Lipinski definition) is 3. The van der Waals surface area contributed by atoms with Crippen molar-refractivity contribution in [2.75, 3.05) is 0 Å². The van der Waals surface area contributed by atoms with Crippen molar-refractivity contribution in [3.63, 3.8) is 0 Å². The molecule has 0 heterocycles. The van der Waals surface area contributed by atoms with Crippen molar-refractivity contribution in [3.05, 3.63) is 35.9 Å².